The summed E-state index contributed by atoms with van der Waals surface area (Å²) in [4.78, 5) is 33.8. The number of rotatable bonds is 6. The number of aliphatic carboxylic acids is 1. The predicted molar refractivity (Wildman–Crippen MR) is 87.7 cm³/mol. The van der Waals surface area contributed by atoms with E-state index in [2.05, 4.69) is 10.4 Å². The minimum Gasteiger partial charge on any atom is -0.546 e. The van der Waals surface area contributed by atoms with E-state index in [0.717, 1.165) is 6.07 Å². The first-order valence-electron chi connectivity index (χ1n) is 7.28. The highest BCUT2D eigenvalue weighted by molar-refractivity contribution is 6.39. The van der Waals surface area contributed by atoms with Gasteiger partial charge in [0.1, 0.15) is 18.2 Å². The van der Waals surface area contributed by atoms with Crippen LogP contribution in [0.15, 0.2) is 53.6 Å². The second-order valence-corrected chi connectivity index (χ2v) is 4.83. The van der Waals surface area contributed by atoms with Gasteiger partial charge in [0, 0.05) is 5.56 Å². The zero-order chi connectivity index (χ0) is 18.9. The van der Waals surface area contributed by atoms with Crippen LogP contribution in [0.4, 0.5) is 10.1 Å². The SMILES string of the molecule is O=C([O-])COc1ccccc1/C=N\NC(=O)C(=O)Nc1ccccc1F. The number of carbonyl (C=O) groups is 3. The van der Waals surface area contributed by atoms with Gasteiger partial charge in [0.15, 0.2) is 0 Å². The van der Waals surface area contributed by atoms with Gasteiger partial charge in [-0.1, -0.05) is 24.3 Å². The molecule has 26 heavy (non-hydrogen) atoms. The molecule has 8 nitrogen and oxygen atoms in total. The van der Waals surface area contributed by atoms with Gasteiger partial charge >= 0.3 is 11.8 Å². The Morgan fingerprint density at radius 3 is 2.50 bits per heavy atom. The highest BCUT2D eigenvalue weighted by atomic mass is 19.1. The molecule has 0 bridgehead atoms. The number of ether oxygens (including phenoxy) is 1. The van der Waals surface area contributed by atoms with Gasteiger partial charge in [0.2, 0.25) is 0 Å². The molecule has 0 aliphatic heterocycles. The largest absolute Gasteiger partial charge is 0.546 e. The molecule has 0 spiro atoms. The zero-order valence-corrected chi connectivity index (χ0v) is 13.3. The number of hydrazone groups is 1. The van der Waals surface area contributed by atoms with E-state index < -0.39 is 30.2 Å². The lowest BCUT2D eigenvalue weighted by Crippen LogP contribution is -2.32. The fourth-order valence-corrected chi connectivity index (χ4v) is 1.81. The summed E-state index contributed by atoms with van der Waals surface area (Å²) < 4.78 is 18.4. The molecule has 0 heterocycles. The normalized spacial score (nSPS) is 10.3. The van der Waals surface area contributed by atoms with Gasteiger partial charge in [0.05, 0.1) is 17.9 Å². The van der Waals surface area contributed by atoms with Crippen LogP contribution < -0.4 is 20.6 Å². The molecule has 2 aromatic carbocycles. The molecule has 2 N–H and O–H groups in total. The molecule has 2 amide bonds. The highest BCUT2D eigenvalue weighted by Gasteiger charge is 2.14. The first-order valence-corrected chi connectivity index (χ1v) is 7.28. The van der Waals surface area contributed by atoms with Crippen molar-refractivity contribution in [1.29, 1.82) is 0 Å². The van der Waals surface area contributed by atoms with Crippen LogP contribution in [0.1, 0.15) is 5.56 Å². The number of hydrogen-bond acceptors (Lipinski definition) is 6. The van der Waals surface area contributed by atoms with Crippen molar-refractivity contribution in [2.24, 2.45) is 5.10 Å². The number of anilines is 1. The van der Waals surface area contributed by atoms with Gasteiger partial charge in [0.25, 0.3) is 0 Å². The van der Waals surface area contributed by atoms with E-state index >= 15 is 0 Å². The molecular weight excluding hydrogens is 345 g/mol. The number of para-hydroxylation sites is 2. The Kier molecular flexibility index (Phi) is 6.38. The molecule has 9 heteroatoms. The second kappa shape index (κ2) is 8.92. The lowest BCUT2D eigenvalue weighted by atomic mass is 10.2. The van der Waals surface area contributed by atoms with E-state index in [-0.39, 0.29) is 11.4 Å². The van der Waals surface area contributed by atoms with Gasteiger partial charge in [-0.15, -0.1) is 0 Å². The molecule has 134 valence electrons. The van der Waals surface area contributed by atoms with Gasteiger partial charge in [-0.05, 0) is 24.3 Å². The quantitative estimate of drug-likeness (QED) is 0.429. The number of amides is 2. The Bertz CT molecular complexity index is 854. The summed E-state index contributed by atoms with van der Waals surface area (Å²) >= 11 is 0. The van der Waals surface area contributed by atoms with Crippen LogP contribution in [0.2, 0.25) is 0 Å². The van der Waals surface area contributed by atoms with Crippen LogP contribution in [0.3, 0.4) is 0 Å². The van der Waals surface area contributed by atoms with Crippen molar-refractivity contribution in [1.82, 2.24) is 5.43 Å². The molecule has 0 aromatic heterocycles. The number of carbonyl (C=O) groups excluding carboxylic acids is 3. The van der Waals surface area contributed by atoms with Crippen molar-refractivity contribution >= 4 is 29.7 Å². The molecule has 0 aliphatic carbocycles. The maximum atomic E-state index is 13.4. The van der Waals surface area contributed by atoms with Crippen LogP contribution in [0, 0.1) is 5.82 Å². The molecule has 0 atom stereocenters. The molecular formula is C17H13FN3O5-. The number of nitrogens with one attached hydrogen (secondary N) is 2. The summed E-state index contributed by atoms with van der Waals surface area (Å²) in [5, 5.41) is 16.1. The van der Waals surface area contributed by atoms with Gasteiger partial charge in [-0.3, -0.25) is 9.59 Å². The van der Waals surface area contributed by atoms with Crippen molar-refractivity contribution in [2.75, 3.05) is 11.9 Å². The van der Waals surface area contributed by atoms with Crippen LogP contribution in [-0.4, -0.2) is 30.6 Å². The Hall–Kier alpha value is -3.75. The maximum Gasteiger partial charge on any atom is 0.329 e. The third-order valence-electron chi connectivity index (χ3n) is 2.96. The number of halogens is 1. The average molecular weight is 358 g/mol. The summed E-state index contributed by atoms with van der Waals surface area (Å²) in [5.74, 6) is -4.09. The average Bonchev–Trinajstić information content (AvgIpc) is 2.62. The third kappa shape index (κ3) is 5.41. The summed E-state index contributed by atoms with van der Waals surface area (Å²) in [6.45, 7) is -0.651. The first-order chi connectivity index (χ1) is 12.5. The van der Waals surface area contributed by atoms with Crippen molar-refractivity contribution in [2.45, 2.75) is 0 Å². The summed E-state index contributed by atoms with van der Waals surface area (Å²) in [7, 11) is 0. The minimum atomic E-state index is -1.39. The summed E-state index contributed by atoms with van der Waals surface area (Å²) in [6.07, 6.45) is 1.17. The van der Waals surface area contributed by atoms with Crippen molar-refractivity contribution in [3.05, 3.63) is 59.9 Å². The Morgan fingerprint density at radius 2 is 1.77 bits per heavy atom. The number of carboxylic acid groups (broad SMARTS) is 1. The van der Waals surface area contributed by atoms with Crippen LogP contribution >= 0.6 is 0 Å². The van der Waals surface area contributed by atoms with Crippen molar-refractivity contribution in [3.8, 4) is 5.75 Å². The van der Waals surface area contributed by atoms with E-state index in [1.54, 1.807) is 18.2 Å². The van der Waals surface area contributed by atoms with Crippen LogP contribution in [0.25, 0.3) is 0 Å². The van der Waals surface area contributed by atoms with Gasteiger partial charge < -0.3 is 20.0 Å². The number of benzene rings is 2. The molecule has 2 rings (SSSR count). The summed E-state index contributed by atoms with van der Waals surface area (Å²) in [5.41, 5.74) is 2.20. The number of nitrogens with zero attached hydrogens (tertiary/aromatic N) is 1. The zero-order valence-electron chi connectivity index (χ0n) is 13.3. The molecule has 0 saturated heterocycles. The Labute approximate surface area is 147 Å². The fraction of sp³-hybridized carbons (Fsp3) is 0.0588. The fourth-order valence-electron chi connectivity index (χ4n) is 1.81. The summed E-state index contributed by atoms with van der Waals surface area (Å²) in [6, 6.07) is 11.7. The van der Waals surface area contributed by atoms with Crippen LogP contribution in [-0.2, 0) is 14.4 Å². The monoisotopic (exact) mass is 358 g/mol. The standard InChI is InChI=1S/C17H14FN3O5/c18-12-6-2-3-7-13(12)20-16(24)17(25)21-19-9-11-5-1-4-8-14(11)26-10-15(22)23/h1-9H,10H2,(H,20,24)(H,21,25)(H,22,23)/p-1/b19-9-. The first kappa shape index (κ1) is 18.6. The Balaban J connectivity index is 1.95. The molecule has 0 saturated carbocycles. The lowest BCUT2D eigenvalue weighted by Gasteiger charge is -2.09. The van der Waals surface area contributed by atoms with Crippen molar-refractivity contribution < 1.29 is 28.6 Å². The number of hydrogen-bond donors (Lipinski definition) is 2. The van der Waals surface area contributed by atoms with E-state index in [4.69, 9.17) is 4.74 Å². The Morgan fingerprint density at radius 1 is 1.08 bits per heavy atom. The molecule has 0 unspecified atom stereocenters. The van der Waals surface area contributed by atoms with Gasteiger partial charge in [-0.2, -0.15) is 5.10 Å². The topological polar surface area (TPSA) is 120 Å². The lowest BCUT2D eigenvalue weighted by molar-refractivity contribution is -0.307. The third-order valence-corrected chi connectivity index (χ3v) is 2.96. The van der Waals surface area contributed by atoms with Gasteiger partial charge in [-0.25, -0.2) is 9.82 Å². The molecule has 0 aliphatic rings. The molecule has 0 fully saturated rings. The number of carboxylic acids is 1. The van der Waals surface area contributed by atoms with E-state index in [1.807, 2.05) is 5.43 Å². The minimum absolute atomic E-state index is 0.141. The predicted octanol–water partition coefficient (Wildman–Crippen LogP) is 0.0432. The smallest absolute Gasteiger partial charge is 0.329 e. The molecule has 0 radical (unpaired) electrons. The van der Waals surface area contributed by atoms with E-state index in [9.17, 15) is 23.9 Å². The van der Waals surface area contributed by atoms with E-state index in [1.165, 1.54) is 30.5 Å². The van der Waals surface area contributed by atoms with Crippen molar-refractivity contribution in [3.63, 3.8) is 0 Å². The van der Waals surface area contributed by atoms with Crippen LogP contribution in [0.5, 0.6) is 5.75 Å². The maximum absolute atomic E-state index is 13.4. The molecule has 2 aromatic rings. The highest BCUT2D eigenvalue weighted by Crippen LogP contribution is 2.15. The van der Waals surface area contributed by atoms with E-state index in [0.29, 0.717) is 5.56 Å². The second-order valence-electron chi connectivity index (χ2n) is 4.83.